The Bertz CT molecular complexity index is 824. The van der Waals surface area contributed by atoms with Gasteiger partial charge in [-0.15, -0.1) is 0 Å². The zero-order chi connectivity index (χ0) is 26.5. The number of rotatable bonds is 7. The van der Waals surface area contributed by atoms with E-state index < -0.39 is 11.7 Å². The molecule has 0 aromatic rings. The lowest BCUT2D eigenvalue weighted by molar-refractivity contribution is -0.271. The van der Waals surface area contributed by atoms with Crippen molar-refractivity contribution in [1.29, 1.82) is 0 Å². The highest BCUT2D eigenvalue weighted by Gasteiger charge is 2.68. The number of carbonyl (C=O) groups excluding carboxylic acids is 2. The lowest BCUT2D eigenvalue weighted by atomic mass is 9.42. The molecule has 5 heteroatoms. The van der Waals surface area contributed by atoms with Crippen molar-refractivity contribution in [3.05, 3.63) is 0 Å². The Labute approximate surface area is 219 Å². The van der Waals surface area contributed by atoms with E-state index in [4.69, 9.17) is 9.47 Å². The molecule has 4 fully saturated rings. The average molecular weight is 505 g/mol. The van der Waals surface area contributed by atoms with Crippen LogP contribution in [0.25, 0.3) is 0 Å². The smallest absolute Gasteiger partial charge is 0.303 e. The van der Waals surface area contributed by atoms with Crippen molar-refractivity contribution in [2.75, 3.05) is 0 Å². The second-order valence-corrected chi connectivity index (χ2v) is 14.1. The van der Waals surface area contributed by atoms with E-state index in [2.05, 4.69) is 34.6 Å². The maximum absolute atomic E-state index is 12.3. The summed E-state index contributed by atoms with van der Waals surface area (Å²) < 4.78 is 11.5. The molecule has 5 nitrogen and oxygen atoms in total. The Morgan fingerprint density at radius 3 is 2.25 bits per heavy atom. The van der Waals surface area contributed by atoms with Crippen LogP contribution < -0.4 is 0 Å². The summed E-state index contributed by atoms with van der Waals surface area (Å²) in [5.41, 5.74) is -1.16. The number of hydrogen-bond donors (Lipinski definition) is 1. The predicted octanol–water partition coefficient (Wildman–Crippen LogP) is 6.70. The first kappa shape index (κ1) is 27.9. The van der Waals surface area contributed by atoms with Gasteiger partial charge in [0.1, 0.15) is 17.8 Å². The summed E-state index contributed by atoms with van der Waals surface area (Å²) in [5.74, 6) is 3.15. The first-order valence-corrected chi connectivity index (χ1v) is 14.9. The summed E-state index contributed by atoms with van der Waals surface area (Å²) in [4.78, 5) is 23.9. The third-order valence-corrected chi connectivity index (χ3v) is 11.6. The minimum atomic E-state index is -1.16. The molecule has 0 heterocycles. The summed E-state index contributed by atoms with van der Waals surface area (Å²) in [6, 6.07) is 0. The van der Waals surface area contributed by atoms with E-state index in [9.17, 15) is 14.7 Å². The lowest BCUT2D eigenvalue weighted by Crippen LogP contribution is -2.69. The SMILES string of the molecule is CC(=O)O[C@@H]1CC[C@]2(C)[C@@H]3CC[C@]4(C)[C@H](CC[C@H]4[C@H](C)CCCC(C)C)[C@@H]3C[C@H](OC(C)=O)[C@@]2(O)C1. The van der Waals surface area contributed by atoms with Gasteiger partial charge in [-0.25, -0.2) is 0 Å². The number of fused-ring (bicyclic) bond motifs is 5. The van der Waals surface area contributed by atoms with Gasteiger partial charge >= 0.3 is 11.9 Å². The molecule has 4 saturated carbocycles. The van der Waals surface area contributed by atoms with Gasteiger partial charge in [0.2, 0.25) is 0 Å². The molecule has 0 saturated heterocycles. The molecule has 0 bridgehead atoms. The molecule has 0 amide bonds. The summed E-state index contributed by atoms with van der Waals surface area (Å²) in [5, 5.41) is 12.3. The van der Waals surface area contributed by atoms with Crippen molar-refractivity contribution >= 4 is 11.9 Å². The molecule has 10 atom stereocenters. The third kappa shape index (κ3) is 4.76. The highest BCUT2D eigenvalue weighted by molar-refractivity contribution is 5.66. The molecule has 4 aliphatic carbocycles. The summed E-state index contributed by atoms with van der Waals surface area (Å²) in [7, 11) is 0. The molecule has 0 spiro atoms. The fourth-order valence-corrected chi connectivity index (χ4v) is 9.92. The zero-order valence-electron chi connectivity index (χ0n) is 24.0. The Hall–Kier alpha value is -1.10. The molecule has 0 aromatic carbocycles. The highest BCUT2D eigenvalue weighted by atomic mass is 16.6. The van der Waals surface area contributed by atoms with Gasteiger partial charge in [0, 0.05) is 25.7 Å². The third-order valence-electron chi connectivity index (χ3n) is 11.6. The molecule has 206 valence electrons. The van der Waals surface area contributed by atoms with Crippen LogP contribution in [0, 0.1) is 46.3 Å². The molecule has 1 N–H and O–H groups in total. The Balaban J connectivity index is 1.59. The fourth-order valence-electron chi connectivity index (χ4n) is 9.92. The van der Waals surface area contributed by atoms with Crippen molar-refractivity contribution in [3.8, 4) is 0 Å². The second kappa shape index (κ2) is 10.2. The maximum Gasteiger partial charge on any atom is 0.303 e. The number of carbonyl (C=O) groups is 2. The minimum absolute atomic E-state index is 0.308. The van der Waals surface area contributed by atoms with E-state index in [0.29, 0.717) is 29.6 Å². The van der Waals surface area contributed by atoms with Crippen LogP contribution in [-0.2, 0) is 19.1 Å². The van der Waals surface area contributed by atoms with E-state index in [1.54, 1.807) is 0 Å². The van der Waals surface area contributed by atoms with Crippen LogP contribution in [0.2, 0.25) is 0 Å². The van der Waals surface area contributed by atoms with Crippen molar-refractivity contribution in [2.24, 2.45) is 46.3 Å². The summed E-state index contributed by atoms with van der Waals surface area (Å²) in [6.07, 6.45) is 10.7. The van der Waals surface area contributed by atoms with Crippen molar-refractivity contribution in [1.82, 2.24) is 0 Å². The first-order chi connectivity index (χ1) is 16.8. The molecule has 0 aromatic heterocycles. The van der Waals surface area contributed by atoms with Gasteiger partial charge in [-0.3, -0.25) is 9.59 Å². The molecule has 0 radical (unpaired) electrons. The topological polar surface area (TPSA) is 72.8 Å². The van der Waals surface area contributed by atoms with Crippen LogP contribution in [0.1, 0.15) is 119 Å². The molecule has 4 aliphatic rings. The first-order valence-electron chi connectivity index (χ1n) is 14.9. The largest absolute Gasteiger partial charge is 0.462 e. The molecular formula is C31H52O5. The summed E-state index contributed by atoms with van der Waals surface area (Å²) >= 11 is 0. The monoisotopic (exact) mass is 504 g/mol. The molecule has 0 unspecified atom stereocenters. The van der Waals surface area contributed by atoms with Crippen LogP contribution in [0.4, 0.5) is 0 Å². The maximum atomic E-state index is 12.3. The van der Waals surface area contributed by atoms with Gasteiger partial charge in [-0.05, 0) is 85.9 Å². The minimum Gasteiger partial charge on any atom is -0.462 e. The van der Waals surface area contributed by atoms with E-state index in [1.807, 2.05) is 0 Å². The van der Waals surface area contributed by atoms with Crippen LogP contribution in [0.5, 0.6) is 0 Å². The zero-order valence-corrected chi connectivity index (χ0v) is 24.0. The number of ether oxygens (including phenoxy) is 2. The van der Waals surface area contributed by atoms with Crippen molar-refractivity contribution < 1.29 is 24.2 Å². The molecule has 36 heavy (non-hydrogen) atoms. The predicted molar refractivity (Wildman–Crippen MR) is 141 cm³/mol. The van der Waals surface area contributed by atoms with Crippen LogP contribution in [0.3, 0.4) is 0 Å². The normalized spacial score (nSPS) is 44.8. The van der Waals surface area contributed by atoms with Gasteiger partial charge in [-0.1, -0.05) is 53.9 Å². The Kier molecular flexibility index (Phi) is 7.93. The van der Waals surface area contributed by atoms with Crippen LogP contribution >= 0.6 is 0 Å². The standard InChI is InChI=1S/C31H52O5/c1-19(2)9-8-10-20(3)25-11-12-26-24-17-28(36-22(5)33)31(34)18-23(35-21(4)32)13-16-30(31,7)27(24)14-15-29(25,26)6/h19-20,23-28,34H,8-18H2,1-7H3/t20-,23-,24+,25+,26-,27-,28+,29+,30-,31+/m1/s1. The number of esters is 2. The van der Waals surface area contributed by atoms with E-state index in [-0.39, 0.29) is 23.5 Å². The number of aliphatic hydroxyl groups is 1. The second-order valence-electron chi connectivity index (χ2n) is 14.1. The van der Waals surface area contributed by atoms with Gasteiger partial charge in [-0.2, -0.15) is 0 Å². The van der Waals surface area contributed by atoms with Gasteiger partial charge in [0.25, 0.3) is 0 Å². The molecule has 0 aliphatic heterocycles. The van der Waals surface area contributed by atoms with E-state index >= 15 is 0 Å². The van der Waals surface area contributed by atoms with Gasteiger partial charge in [0.05, 0.1) is 0 Å². The molecular weight excluding hydrogens is 452 g/mol. The fraction of sp³-hybridized carbons (Fsp3) is 0.935. The Morgan fingerprint density at radius 2 is 1.61 bits per heavy atom. The van der Waals surface area contributed by atoms with Crippen LogP contribution in [-0.4, -0.2) is 34.9 Å². The average Bonchev–Trinajstić information content (AvgIpc) is 3.12. The van der Waals surface area contributed by atoms with Crippen molar-refractivity contribution in [2.45, 2.75) is 137 Å². The van der Waals surface area contributed by atoms with E-state index in [0.717, 1.165) is 43.4 Å². The number of hydrogen-bond acceptors (Lipinski definition) is 5. The van der Waals surface area contributed by atoms with Gasteiger partial charge in [0.15, 0.2) is 0 Å². The van der Waals surface area contributed by atoms with E-state index in [1.165, 1.54) is 52.4 Å². The Morgan fingerprint density at radius 1 is 0.917 bits per heavy atom. The van der Waals surface area contributed by atoms with Crippen molar-refractivity contribution in [3.63, 3.8) is 0 Å². The lowest BCUT2D eigenvalue weighted by Gasteiger charge is -2.65. The quantitative estimate of drug-likeness (QED) is 0.391. The van der Waals surface area contributed by atoms with Gasteiger partial charge < -0.3 is 14.6 Å². The highest BCUT2D eigenvalue weighted by Crippen LogP contribution is 2.69. The van der Waals surface area contributed by atoms with Crippen LogP contribution in [0.15, 0.2) is 0 Å². The summed E-state index contributed by atoms with van der Waals surface area (Å²) in [6.45, 7) is 14.8. The molecule has 4 rings (SSSR count).